The fourth-order valence-electron chi connectivity index (χ4n) is 6.13. The molecule has 0 radical (unpaired) electrons. The summed E-state index contributed by atoms with van der Waals surface area (Å²) in [5.41, 5.74) is 1.81. The molecular weight excluding hydrogens is 652 g/mol. The van der Waals surface area contributed by atoms with E-state index in [0.717, 1.165) is 43.6 Å². The second kappa shape index (κ2) is 14.3. The standard InChI is InChI=1S/C34H37F2N9O5/c1-24(17-46)16-45-33(47)44(23-40-45)32-9-5-27(15-38-32)42-12-10-41(11-13-42)26-3-6-28(7-4-26)48-18-29-19-49-34(50-29,20-43-22-37-21-39-43)30-8-2-25(35)14-31(30)36/h2-9,14-15,21-24,29,46H,10-13,16-20H2,1H3/t24?,29-,34-/m0/s1. The predicted octanol–water partition coefficient (Wildman–Crippen LogP) is 2.60. The van der Waals surface area contributed by atoms with Gasteiger partial charge in [-0.2, -0.15) is 10.2 Å². The third-order valence-electron chi connectivity index (χ3n) is 8.83. The minimum atomic E-state index is -1.52. The maximum Gasteiger partial charge on any atom is 0.351 e. The molecule has 1 N–H and O–H groups in total. The van der Waals surface area contributed by atoms with Crippen LogP contribution in [0.5, 0.6) is 5.75 Å². The Labute approximate surface area is 286 Å². The number of ether oxygens (including phenoxy) is 3. The smallest absolute Gasteiger partial charge is 0.351 e. The Bertz CT molecular complexity index is 1930. The maximum absolute atomic E-state index is 14.9. The van der Waals surface area contributed by atoms with Crippen LogP contribution in [-0.2, 0) is 28.4 Å². The van der Waals surface area contributed by atoms with Crippen molar-refractivity contribution in [3.63, 3.8) is 0 Å². The molecule has 0 amide bonds. The minimum absolute atomic E-state index is 0.0214. The van der Waals surface area contributed by atoms with E-state index in [-0.39, 0.29) is 43.5 Å². The number of halogens is 2. The van der Waals surface area contributed by atoms with E-state index in [1.165, 1.54) is 45.0 Å². The van der Waals surface area contributed by atoms with Gasteiger partial charge in [0.2, 0.25) is 5.79 Å². The van der Waals surface area contributed by atoms with Crippen LogP contribution in [0, 0.1) is 17.6 Å². The molecule has 50 heavy (non-hydrogen) atoms. The van der Waals surface area contributed by atoms with Crippen molar-refractivity contribution in [1.29, 1.82) is 0 Å². The lowest BCUT2D eigenvalue weighted by molar-refractivity contribution is -0.192. The number of aliphatic hydroxyl groups excluding tert-OH is 1. The van der Waals surface area contributed by atoms with Crippen LogP contribution in [-0.4, -0.2) is 91.3 Å². The third-order valence-corrected chi connectivity index (χ3v) is 8.83. The molecule has 1 unspecified atom stereocenters. The van der Waals surface area contributed by atoms with E-state index in [1.54, 1.807) is 6.20 Å². The summed E-state index contributed by atoms with van der Waals surface area (Å²) in [5, 5.41) is 17.5. The Balaban J connectivity index is 0.918. The van der Waals surface area contributed by atoms with Gasteiger partial charge in [-0.1, -0.05) is 6.92 Å². The van der Waals surface area contributed by atoms with Crippen molar-refractivity contribution in [2.75, 3.05) is 55.8 Å². The zero-order chi connectivity index (χ0) is 34.7. The highest BCUT2D eigenvalue weighted by molar-refractivity contribution is 5.53. The highest BCUT2D eigenvalue weighted by atomic mass is 19.1. The quantitative estimate of drug-likeness (QED) is 0.207. The summed E-state index contributed by atoms with van der Waals surface area (Å²) in [5.74, 6) is -1.93. The zero-order valence-corrected chi connectivity index (χ0v) is 27.4. The molecule has 2 fully saturated rings. The van der Waals surface area contributed by atoms with Gasteiger partial charge in [-0.05, 0) is 54.4 Å². The molecule has 14 nitrogen and oxygen atoms in total. The van der Waals surface area contributed by atoms with Gasteiger partial charge < -0.3 is 29.1 Å². The fraction of sp³-hybridized carbons (Fsp3) is 0.382. The summed E-state index contributed by atoms with van der Waals surface area (Å²) in [4.78, 5) is 25.7. The second-order valence-corrected chi connectivity index (χ2v) is 12.4. The average molecular weight is 690 g/mol. The Hall–Kier alpha value is -5.19. The fourth-order valence-corrected chi connectivity index (χ4v) is 6.13. The van der Waals surface area contributed by atoms with E-state index >= 15 is 0 Å². The molecular formula is C34H37F2N9O5. The lowest BCUT2D eigenvalue weighted by atomic mass is 10.0. The summed E-state index contributed by atoms with van der Waals surface area (Å²) >= 11 is 0. The van der Waals surface area contributed by atoms with Crippen LogP contribution in [0.4, 0.5) is 20.2 Å². The largest absolute Gasteiger partial charge is 0.491 e. The predicted molar refractivity (Wildman–Crippen MR) is 177 cm³/mol. The van der Waals surface area contributed by atoms with Crippen molar-refractivity contribution in [3.05, 3.63) is 107 Å². The molecule has 2 saturated heterocycles. The van der Waals surface area contributed by atoms with Crippen LogP contribution >= 0.6 is 0 Å². The molecule has 2 aliphatic heterocycles. The molecule has 262 valence electrons. The SMILES string of the molecule is CC(CO)Cn1ncn(-c2ccc(N3CCN(c4ccc(OC[C@H]5CO[C@](Cn6cncn6)(c6ccc(F)cc6F)O5)cc4)CC3)cn2)c1=O. The molecule has 3 atom stereocenters. The Kier molecular flexibility index (Phi) is 9.56. The van der Waals surface area contributed by atoms with Crippen LogP contribution < -0.4 is 20.2 Å². The van der Waals surface area contributed by atoms with Crippen molar-refractivity contribution >= 4 is 11.4 Å². The van der Waals surface area contributed by atoms with Gasteiger partial charge in [-0.3, -0.25) is 0 Å². The Morgan fingerprint density at radius 1 is 1.00 bits per heavy atom. The number of hydrogen-bond acceptors (Lipinski definition) is 11. The van der Waals surface area contributed by atoms with E-state index in [2.05, 4.69) is 30.0 Å². The summed E-state index contributed by atoms with van der Waals surface area (Å²) in [6.45, 7) is 5.68. The van der Waals surface area contributed by atoms with Crippen LogP contribution in [0.25, 0.3) is 5.82 Å². The molecule has 5 aromatic rings. The van der Waals surface area contributed by atoms with E-state index < -0.39 is 23.5 Å². The van der Waals surface area contributed by atoms with E-state index in [1.807, 2.05) is 43.3 Å². The minimum Gasteiger partial charge on any atom is -0.491 e. The van der Waals surface area contributed by atoms with Gasteiger partial charge in [0, 0.05) is 50.1 Å². The van der Waals surface area contributed by atoms with Gasteiger partial charge in [-0.15, -0.1) is 0 Å². The molecule has 0 saturated carbocycles. The van der Waals surface area contributed by atoms with Crippen LogP contribution in [0.2, 0.25) is 0 Å². The van der Waals surface area contributed by atoms with Crippen molar-refractivity contribution < 1.29 is 28.1 Å². The van der Waals surface area contributed by atoms with Crippen LogP contribution in [0.1, 0.15) is 12.5 Å². The van der Waals surface area contributed by atoms with Gasteiger partial charge >= 0.3 is 5.69 Å². The number of nitrogens with zero attached hydrogens (tertiary/aromatic N) is 9. The molecule has 0 bridgehead atoms. The zero-order valence-electron chi connectivity index (χ0n) is 27.4. The topological polar surface area (TPSA) is 138 Å². The molecule has 2 aromatic carbocycles. The van der Waals surface area contributed by atoms with Crippen molar-refractivity contribution in [2.45, 2.75) is 31.9 Å². The Morgan fingerprint density at radius 2 is 1.76 bits per heavy atom. The number of benzene rings is 2. The van der Waals surface area contributed by atoms with Crippen molar-refractivity contribution in [1.82, 2.24) is 34.1 Å². The van der Waals surface area contributed by atoms with Gasteiger partial charge in [0.05, 0.1) is 25.0 Å². The number of aliphatic hydroxyl groups is 1. The molecule has 2 aliphatic rings. The average Bonchev–Trinajstić information content (AvgIpc) is 3.89. The van der Waals surface area contributed by atoms with E-state index in [0.29, 0.717) is 18.1 Å². The lowest BCUT2D eigenvalue weighted by Gasteiger charge is -2.37. The molecule has 3 aromatic heterocycles. The van der Waals surface area contributed by atoms with Gasteiger partial charge in [0.1, 0.15) is 61.4 Å². The first-order chi connectivity index (χ1) is 24.3. The highest BCUT2D eigenvalue weighted by Crippen LogP contribution is 2.38. The van der Waals surface area contributed by atoms with Crippen molar-refractivity contribution in [3.8, 4) is 11.6 Å². The summed E-state index contributed by atoms with van der Waals surface area (Å²) < 4.78 is 51.0. The Morgan fingerprint density at radius 3 is 2.44 bits per heavy atom. The van der Waals surface area contributed by atoms with Gasteiger partial charge in [-0.25, -0.2) is 37.5 Å². The summed E-state index contributed by atoms with van der Waals surface area (Å²) in [6, 6.07) is 14.9. The lowest BCUT2D eigenvalue weighted by Crippen LogP contribution is -2.46. The highest BCUT2D eigenvalue weighted by Gasteiger charge is 2.46. The first-order valence-electron chi connectivity index (χ1n) is 16.3. The van der Waals surface area contributed by atoms with Gasteiger partial charge in [0.15, 0.2) is 0 Å². The number of aromatic nitrogens is 7. The molecule has 5 heterocycles. The first kappa shape index (κ1) is 33.3. The normalized spacial score (nSPS) is 20.0. The molecule has 16 heteroatoms. The van der Waals surface area contributed by atoms with Crippen LogP contribution in [0.3, 0.4) is 0 Å². The number of anilines is 2. The number of piperazine rings is 1. The van der Waals surface area contributed by atoms with E-state index in [9.17, 15) is 18.7 Å². The summed E-state index contributed by atoms with van der Waals surface area (Å²) in [7, 11) is 0. The molecule has 0 aliphatic carbocycles. The molecule has 7 rings (SSSR count). The van der Waals surface area contributed by atoms with Gasteiger partial charge in [0.25, 0.3) is 0 Å². The van der Waals surface area contributed by atoms with E-state index in [4.69, 9.17) is 14.2 Å². The second-order valence-electron chi connectivity index (χ2n) is 12.4. The maximum atomic E-state index is 14.9. The number of pyridine rings is 1. The van der Waals surface area contributed by atoms with Crippen molar-refractivity contribution in [2.24, 2.45) is 5.92 Å². The number of rotatable bonds is 12. The number of hydrogen-bond donors (Lipinski definition) is 1. The molecule has 0 spiro atoms. The first-order valence-corrected chi connectivity index (χ1v) is 16.3. The summed E-state index contributed by atoms with van der Waals surface area (Å²) in [6.07, 6.45) is 5.54. The van der Waals surface area contributed by atoms with Crippen LogP contribution in [0.15, 0.2) is 84.6 Å². The third kappa shape index (κ3) is 7.08. The monoisotopic (exact) mass is 689 g/mol.